The topological polar surface area (TPSA) is 84.8 Å². The molecule has 6 heteroatoms. The molecule has 2 rings (SSSR count). The van der Waals surface area contributed by atoms with Crippen molar-refractivity contribution in [2.75, 3.05) is 6.61 Å². The van der Waals surface area contributed by atoms with Gasteiger partial charge in [0.2, 0.25) is 5.91 Å². The van der Waals surface area contributed by atoms with Crippen LogP contribution in [-0.2, 0) is 19.7 Å². The number of benzene rings is 1. The van der Waals surface area contributed by atoms with Crippen LogP contribution in [-0.4, -0.2) is 30.0 Å². The van der Waals surface area contributed by atoms with Gasteiger partial charge in [0, 0.05) is 18.4 Å². The summed E-state index contributed by atoms with van der Waals surface area (Å²) in [4.78, 5) is 34.8. The molecule has 1 aliphatic rings. The third-order valence-corrected chi connectivity index (χ3v) is 3.55. The van der Waals surface area contributed by atoms with Crippen LogP contribution >= 0.6 is 0 Å². The molecular weight excluding hydrogens is 296 g/mol. The van der Waals surface area contributed by atoms with Crippen molar-refractivity contribution in [2.45, 2.75) is 39.0 Å². The Balaban J connectivity index is 1.92. The molecule has 0 saturated heterocycles. The summed E-state index contributed by atoms with van der Waals surface area (Å²) in [6.45, 7) is 5.93. The quantitative estimate of drug-likeness (QED) is 0.680. The molecule has 0 atom stereocenters. The van der Waals surface area contributed by atoms with Crippen LogP contribution in [0.25, 0.3) is 0 Å². The number of esters is 1. The van der Waals surface area contributed by atoms with E-state index in [2.05, 4.69) is 31.3 Å². The minimum absolute atomic E-state index is 0.0115. The van der Waals surface area contributed by atoms with Gasteiger partial charge in [-0.05, 0) is 11.0 Å². The van der Waals surface area contributed by atoms with Crippen molar-refractivity contribution in [1.29, 1.82) is 0 Å². The summed E-state index contributed by atoms with van der Waals surface area (Å²) in [7, 11) is 0. The molecular formula is C17H20N2O4. The predicted molar refractivity (Wildman–Crippen MR) is 85.2 cm³/mol. The fourth-order valence-electron chi connectivity index (χ4n) is 2.08. The summed E-state index contributed by atoms with van der Waals surface area (Å²) in [6.07, 6.45) is 0.412. The van der Waals surface area contributed by atoms with Crippen molar-refractivity contribution in [3.63, 3.8) is 0 Å². The molecule has 0 saturated carbocycles. The van der Waals surface area contributed by atoms with Gasteiger partial charge < -0.3 is 4.74 Å². The molecule has 122 valence electrons. The van der Waals surface area contributed by atoms with Crippen molar-refractivity contribution in [3.8, 4) is 0 Å². The number of Topliss-reactive ketones (excluding diaryl/α,β-unsaturated/α-hetero) is 1. The number of carbonyl (C=O) groups is 3. The third-order valence-electron chi connectivity index (χ3n) is 3.55. The van der Waals surface area contributed by atoms with Crippen LogP contribution in [0.4, 0.5) is 0 Å². The highest BCUT2D eigenvalue weighted by Crippen LogP contribution is 2.22. The van der Waals surface area contributed by atoms with Crippen molar-refractivity contribution in [3.05, 3.63) is 35.4 Å². The first-order valence-electron chi connectivity index (χ1n) is 7.43. The largest absolute Gasteiger partial charge is 0.453 e. The van der Waals surface area contributed by atoms with E-state index in [1.807, 2.05) is 12.1 Å². The van der Waals surface area contributed by atoms with Crippen molar-refractivity contribution < 1.29 is 19.1 Å². The highest BCUT2D eigenvalue weighted by Gasteiger charge is 2.21. The summed E-state index contributed by atoms with van der Waals surface area (Å²) >= 11 is 0. The Morgan fingerprint density at radius 3 is 2.35 bits per heavy atom. The molecule has 1 N–H and O–H groups in total. The lowest BCUT2D eigenvalue weighted by Crippen LogP contribution is -2.31. The van der Waals surface area contributed by atoms with E-state index in [0.29, 0.717) is 5.56 Å². The molecule has 1 aliphatic heterocycles. The van der Waals surface area contributed by atoms with E-state index in [0.717, 1.165) is 5.56 Å². The zero-order valence-corrected chi connectivity index (χ0v) is 13.5. The molecule has 0 unspecified atom stereocenters. The SMILES string of the molecule is CC(C)(C)c1ccc(C(=O)COC(=O)C2=NNC(=O)CC2)cc1. The Bertz CT molecular complexity index is 654. The molecule has 0 aliphatic carbocycles. The van der Waals surface area contributed by atoms with E-state index in [1.165, 1.54) is 0 Å². The summed E-state index contributed by atoms with van der Waals surface area (Å²) in [5.41, 5.74) is 3.97. The molecule has 0 bridgehead atoms. The monoisotopic (exact) mass is 316 g/mol. The summed E-state index contributed by atoms with van der Waals surface area (Å²) in [5.74, 6) is -1.19. The second kappa shape index (κ2) is 6.73. The highest BCUT2D eigenvalue weighted by molar-refractivity contribution is 6.37. The van der Waals surface area contributed by atoms with E-state index >= 15 is 0 Å². The first-order valence-corrected chi connectivity index (χ1v) is 7.43. The number of hydrogen-bond donors (Lipinski definition) is 1. The Kier molecular flexibility index (Phi) is 4.93. The molecule has 1 heterocycles. The van der Waals surface area contributed by atoms with E-state index < -0.39 is 5.97 Å². The summed E-state index contributed by atoms with van der Waals surface area (Å²) in [5, 5.41) is 3.63. The number of hydrazone groups is 1. The average molecular weight is 316 g/mol. The summed E-state index contributed by atoms with van der Waals surface area (Å²) in [6, 6.07) is 7.26. The minimum atomic E-state index is -0.676. The number of ketones is 1. The zero-order valence-electron chi connectivity index (χ0n) is 13.5. The maximum atomic E-state index is 12.1. The van der Waals surface area contributed by atoms with Crippen molar-refractivity contribution >= 4 is 23.4 Å². The number of ether oxygens (including phenoxy) is 1. The number of amides is 1. The van der Waals surface area contributed by atoms with Crippen LogP contribution in [0.1, 0.15) is 49.5 Å². The summed E-state index contributed by atoms with van der Waals surface area (Å²) < 4.78 is 4.96. The first-order chi connectivity index (χ1) is 10.8. The van der Waals surface area contributed by atoms with Gasteiger partial charge in [-0.1, -0.05) is 45.0 Å². The lowest BCUT2D eigenvalue weighted by Gasteiger charge is -2.19. The van der Waals surface area contributed by atoms with E-state index in [-0.39, 0.29) is 42.3 Å². The lowest BCUT2D eigenvalue weighted by molar-refractivity contribution is -0.134. The number of hydrogen-bond acceptors (Lipinski definition) is 5. The minimum Gasteiger partial charge on any atom is -0.453 e. The maximum Gasteiger partial charge on any atom is 0.354 e. The standard InChI is InChI=1S/C17H20N2O4/c1-17(2,3)12-6-4-11(5-7-12)14(20)10-23-16(22)13-8-9-15(21)19-18-13/h4-7H,8-10H2,1-3H3,(H,19,21). The third kappa shape index (κ3) is 4.48. The van der Waals surface area contributed by atoms with Crippen LogP contribution in [0.3, 0.4) is 0 Å². The van der Waals surface area contributed by atoms with Crippen LogP contribution in [0.15, 0.2) is 29.4 Å². The van der Waals surface area contributed by atoms with Gasteiger partial charge in [0.05, 0.1) is 0 Å². The van der Waals surface area contributed by atoms with E-state index in [4.69, 9.17) is 4.74 Å². The fourth-order valence-corrected chi connectivity index (χ4v) is 2.08. The zero-order chi connectivity index (χ0) is 17.0. The molecule has 1 aromatic carbocycles. The Labute approximate surface area is 134 Å². The van der Waals surface area contributed by atoms with Gasteiger partial charge in [0.15, 0.2) is 12.4 Å². The number of carbonyl (C=O) groups excluding carboxylic acids is 3. The number of nitrogens with one attached hydrogen (secondary N) is 1. The van der Waals surface area contributed by atoms with Gasteiger partial charge in [-0.15, -0.1) is 0 Å². The first kappa shape index (κ1) is 16.9. The molecule has 1 aromatic rings. The van der Waals surface area contributed by atoms with Gasteiger partial charge in [-0.2, -0.15) is 5.10 Å². The van der Waals surface area contributed by atoms with Crippen molar-refractivity contribution in [1.82, 2.24) is 5.43 Å². The Hall–Kier alpha value is -2.50. The molecule has 0 fully saturated rings. The molecule has 0 radical (unpaired) electrons. The van der Waals surface area contributed by atoms with Crippen LogP contribution < -0.4 is 5.43 Å². The fraction of sp³-hybridized carbons (Fsp3) is 0.412. The van der Waals surface area contributed by atoms with E-state index in [9.17, 15) is 14.4 Å². The van der Waals surface area contributed by atoms with Gasteiger partial charge in [0.1, 0.15) is 5.71 Å². The molecule has 6 nitrogen and oxygen atoms in total. The predicted octanol–water partition coefficient (Wildman–Crippen LogP) is 1.98. The smallest absolute Gasteiger partial charge is 0.354 e. The second-order valence-corrected chi connectivity index (χ2v) is 6.42. The van der Waals surface area contributed by atoms with E-state index in [1.54, 1.807) is 12.1 Å². The van der Waals surface area contributed by atoms with Gasteiger partial charge in [-0.3, -0.25) is 9.59 Å². The van der Waals surface area contributed by atoms with Crippen LogP contribution in [0, 0.1) is 0 Å². The van der Waals surface area contributed by atoms with Crippen LogP contribution in [0.2, 0.25) is 0 Å². The Morgan fingerprint density at radius 2 is 1.83 bits per heavy atom. The molecule has 23 heavy (non-hydrogen) atoms. The van der Waals surface area contributed by atoms with Gasteiger partial charge >= 0.3 is 5.97 Å². The second-order valence-electron chi connectivity index (χ2n) is 6.42. The Morgan fingerprint density at radius 1 is 1.17 bits per heavy atom. The molecule has 0 aromatic heterocycles. The normalized spacial score (nSPS) is 14.7. The number of nitrogens with zero attached hydrogens (tertiary/aromatic N) is 1. The highest BCUT2D eigenvalue weighted by atomic mass is 16.5. The number of rotatable bonds is 4. The average Bonchev–Trinajstić information content (AvgIpc) is 2.52. The molecule has 1 amide bonds. The van der Waals surface area contributed by atoms with Crippen molar-refractivity contribution in [2.24, 2.45) is 5.10 Å². The van der Waals surface area contributed by atoms with Gasteiger partial charge in [-0.25, -0.2) is 10.2 Å². The van der Waals surface area contributed by atoms with Gasteiger partial charge in [0.25, 0.3) is 0 Å². The molecule has 0 spiro atoms. The maximum absolute atomic E-state index is 12.1. The lowest BCUT2D eigenvalue weighted by atomic mass is 9.86. The van der Waals surface area contributed by atoms with Crippen LogP contribution in [0.5, 0.6) is 0 Å².